The highest BCUT2D eigenvalue weighted by atomic mass is 32.2. The molecule has 0 aromatic heterocycles. The van der Waals surface area contributed by atoms with Gasteiger partial charge in [-0.3, -0.25) is 14.4 Å². The van der Waals surface area contributed by atoms with Gasteiger partial charge in [0.25, 0.3) is 0 Å². The Morgan fingerprint density at radius 1 is 0.968 bits per heavy atom. The number of amides is 1. The second-order valence-corrected chi connectivity index (χ2v) is 10.4. The number of sulfonamides is 1. The zero-order valence-corrected chi connectivity index (χ0v) is 18.6. The number of hydrogen-bond acceptors (Lipinski definition) is 5. The van der Waals surface area contributed by atoms with Crippen LogP contribution in [0.25, 0.3) is 0 Å². The van der Waals surface area contributed by atoms with Crippen molar-refractivity contribution in [3.8, 4) is 0 Å². The molecule has 0 unspecified atom stereocenters. The number of carbonyl (C=O) groups is 1. The Morgan fingerprint density at radius 3 is 2.23 bits per heavy atom. The van der Waals surface area contributed by atoms with Crippen molar-refractivity contribution >= 4 is 27.3 Å². The summed E-state index contributed by atoms with van der Waals surface area (Å²) in [6, 6.07) is 15.3. The average molecular weight is 443 g/mol. The number of rotatable bonds is 6. The summed E-state index contributed by atoms with van der Waals surface area (Å²) in [5, 5.41) is 0. The van der Waals surface area contributed by atoms with Gasteiger partial charge >= 0.3 is 0 Å². The zero-order chi connectivity index (χ0) is 22.0. The van der Waals surface area contributed by atoms with Crippen molar-refractivity contribution in [3.63, 3.8) is 0 Å². The molecule has 2 saturated heterocycles. The van der Waals surface area contributed by atoms with E-state index >= 15 is 0 Å². The molecule has 7 nitrogen and oxygen atoms in total. The van der Waals surface area contributed by atoms with Crippen LogP contribution < -0.4 is 10.5 Å². The van der Waals surface area contributed by atoms with E-state index in [4.69, 9.17) is 5.73 Å². The first kappa shape index (κ1) is 21.6. The maximum Gasteiger partial charge on any atom is 0.240 e. The summed E-state index contributed by atoms with van der Waals surface area (Å²) in [5.74, 6) is 0.664. The van der Waals surface area contributed by atoms with E-state index in [0.717, 1.165) is 56.4 Å². The van der Waals surface area contributed by atoms with Crippen LogP contribution in [-0.2, 0) is 21.4 Å². The van der Waals surface area contributed by atoms with Gasteiger partial charge in [-0.2, -0.15) is 0 Å². The second-order valence-electron chi connectivity index (χ2n) is 8.61. The number of benzene rings is 2. The number of anilines is 2. The molecule has 0 saturated carbocycles. The van der Waals surface area contributed by atoms with Crippen LogP contribution in [0, 0.1) is 0 Å². The molecule has 1 amide bonds. The largest absolute Gasteiger partial charge is 0.399 e. The van der Waals surface area contributed by atoms with Gasteiger partial charge in [-0.15, -0.1) is 0 Å². The smallest absolute Gasteiger partial charge is 0.240 e. The molecular formula is C23H30N4O3S. The van der Waals surface area contributed by atoms with Crippen LogP contribution in [0.1, 0.15) is 36.3 Å². The molecule has 2 fully saturated rings. The Kier molecular flexibility index (Phi) is 6.20. The standard InChI is InChI=1S/C23H30N4O3S/c1-31(29,30)25-21-8-4-18(5-9-21)19-10-13-26(14-11-19)22-12-15-27(23(22)28)16-17-2-6-20(24)7-3-17/h2-9,19,22,25H,10-16,24H2,1H3/t22-/m1/s1. The Hall–Kier alpha value is -2.58. The number of carbonyl (C=O) groups excluding carboxylic acids is 1. The van der Waals surface area contributed by atoms with Crippen LogP contribution in [0.15, 0.2) is 48.5 Å². The van der Waals surface area contributed by atoms with Crippen molar-refractivity contribution < 1.29 is 13.2 Å². The highest BCUT2D eigenvalue weighted by Gasteiger charge is 2.37. The van der Waals surface area contributed by atoms with Crippen LogP contribution in [-0.4, -0.2) is 56.1 Å². The fourth-order valence-corrected chi connectivity index (χ4v) is 5.21. The van der Waals surface area contributed by atoms with Gasteiger partial charge in [-0.25, -0.2) is 8.42 Å². The van der Waals surface area contributed by atoms with E-state index in [1.165, 1.54) is 5.56 Å². The van der Waals surface area contributed by atoms with Crippen LogP contribution in [0.3, 0.4) is 0 Å². The Morgan fingerprint density at radius 2 is 1.61 bits per heavy atom. The van der Waals surface area contributed by atoms with Crippen molar-refractivity contribution in [3.05, 3.63) is 59.7 Å². The summed E-state index contributed by atoms with van der Waals surface area (Å²) in [5.41, 5.74) is 9.40. The van der Waals surface area contributed by atoms with E-state index in [0.29, 0.717) is 18.2 Å². The van der Waals surface area contributed by atoms with Crippen molar-refractivity contribution in [1.29, 1.82) is 0 Å². The molecule has 3 N–H and O–H groups in total. The fourth-order valence-electron chi connectivity index (χ4n) is 4.64. The topological polar surface area (TPSA) is 95.7 Å². The Balaban J connectivity index is 1.30. The van der Waals surface area contributed by atoms with Gasteiger partial charge in [0, 0.05) is 24.5 Å². The average Bonchev–Trinajstić information content (AvgIpc) is 3.09. The molecule has 0 aliphatic carbocycles. The summed E-state index contributed by atoms with van der Waals surface area (Å²) in [6.45, 7) is 3.24. The van der Waals surface area contributed by atoms with Gasteiger partial charge in [0.05, 0.1) is 12.3 Å². The third-order valence-corrected chi connectivity index (χ3v) is 6.88. The number of nitrogens with zero attached hydrogens (tertiary/aromatic N) is 2. The molecule has 2 aromatic carbocycles. The number of nitrogen functional groups attached to an aromatic ring is 1. The van der Waals surface area contributed by atoms with Gasteiger partial charge in [-0.1, -0.05) is 24.3 Å². The second kappa shape index (κ2) is 8.88. The molecule has 1 atom stereocenters. The maximum absolute atomic E-state index is 13.0. The zero-order valence-electron chi connectivity index (χ0n) is 17.8. The van der Waals surface area contributed by atoms with E-state index in [2.05, 4.69) is 9.62 Å². The van der Waals surface area contributed by atoms with E-state index < -0.39 is 10.0 Å². The molecule has 0 bridgehead atoms. The van der Waals surface area contributed by atoms with Crippen molar-refractivity contribution in [2.45, 2.75) is 37.8 Å². The third kappa shape index (κ3) is 5.37. The molecular weight excluding hydrogens is 412 g/mol. The van der Waals surface area contributed by atoms with Gasteiger partial charge in [-0.05, 0) is 73.7 Å². The molecule has 166 valence electrons. The molecule has 2 aliphatic rings. The monoisotopic (exact) mass is 442 g/mol. The summed E-state index contributed by atoms with van der Waals surface area (Å²) >= 11 is 0. The first-order chi connectivity index (χ1) is 14.8. The third-order valence-electron chi connectivity index (χ3n) is 6.28. The van der Waals surface area contributed by atoms with Crippen LogP contribution in [0.4, 0.5) is 11.4 Å². The molecule has 2 aliphatic heterocycles. The maximum atomic E-state index is 13.0. The minimum Gasteiger partial charge on any atom is -0.399 e. The number of hydrogen-bond donors (Lipinski definition) is 2. The summed E-state index contributed by atoms with van der Waals surface area (Å²) in [4.78, 5) is 17.3. The molecule has 0 spiro atoms. The predicted octanol–water partition coefficient (Wildman–Crippen LogP) is 2.62. The first-order valence-corrected chi connectivity index (χ1v) is 12.6. The van der Waals surface area contributed by atoms with Crippen molar-refractivity contribution in [2.75, 3.05) is 36.3 Å². The molecule has 8 heteroatoms. The highest BCUT2D eigenvalue weighted by Crippen LogP contribution is 2.31. The van der Waals surface area contributed by atoms with E-state index in [9.17, 15) is 13.2 Å². The summed E-state index contributed by atoms with van der Waals surface area (Å²) in [6.07, 6.45) is 4.03. The Labute approximate surface area is 184 Å². The van der Waals surface area contributed by atoms with Crippen molar-refractivity contribution in [2.24, 2.45) is 0 Å². The minimum atomic E-state index is -3.26. The molecule has 2 heterocycles. The van der Waals surface area contributed by atoms with E-state index in [1.807, 2.05) is 53.4 Å². The first-order valence-electron chi connectivity index (χ1n) is 10.7. The lowest BCUT2D eigenvalue weighted by Gasteiger charge is -2.35. The Bertz CT molecular complexity index is 1010. The quantitative estimate of drug-likeness (QED) is 0.671. The molecule has 4 rings (SSSR count). The predicted molar refractivity (Wildman–Crippen MR) is 123 cm³/mol. The van der Waals surface area contributed by atoms with E-state index in [-0.39, 0.29) is 11.9 Å². The van der Waals surface area contributed by atoms with Gasteiger partial charge < -0.3 is 10.6 Å². The number of nitrogens with two attached hydrogens (primary N) is 1. The number of likely N-dealkylation sites (tertiary alicyclic amines) is 2. The SMILES string of the molecule is CS(=O)(=O)Nc1ccc(C2CCN([C@@H]3CCN(Cc4ccc(N)cc4)C3=O)CC2)cc1. The van der Waals surface area contributed by atoms with Crippen LogP contribution in [0.2, 0.25) is 0 Å². The summed E-state index contributed by atoms with van der Waals surface area (Å²) in [7, 11) is -3.26. The van der Waals surface area contributed by atoms with Crippen LogP contribution >= 0.6 is 0 Å². The normalized spacial score (nSPS) is 20.9. The lowest BCUT2D eigenvalue weighted by molar-refractivity contribution is -0.133. The lowest BCUT2D eigenvalue weighted by atomic mass is 9.88. The van der Waals surface area contributed by atoms with Gasteiger partial charge in [0.2, 0.25) is 15.9 Å². The lowest BCUT2D eigenvalue weighted by Crippen LogP contribution is -2.45. The highest BCUT2D eigenvalue weighted by molar-refractivity contribution is 7.92. The van der Waals surface area contributed by atoms with Gasteiger partial charge in [0.15, 0.2) is 0 Å². The molecule has 0 radical (unpaired) electrons. The summed E-state index contributed by atoms with van der Waals surface area (Å²) < 4.78 is 25.2. The van der Waals surface area contributed by atoms with Gasteiger partial charge in [0.1, 0.15) is 0 Å². The van der Waals surface area contributed by atoms with Crippen LogP contribution in [0.5, 0.6) is 0 Å². The number of piperidine rings is 1. The van der Waals surface area contributed by atoms with E-state index in [1.54, 1.807) is 0 Å². The van der Waals surface area contributed by atoms with Crippen molar-refractivity contribution in [1.82, 2.24) is 9.80 Å². The fraction of sp³-hybridized carbons (Fsp3) is 0.435. The minimum absolute atomic E-state index is 0.0175. The molecule has 31 heavy (non-hydrogen) atoms. The molecule has 2 aromatic rings. The number of nitrogens with one attached hydrogen (secondary N) is 1.